The van der Waals surface area contributed by atoms with E-state index in [0.717, 1.165) is 37.3 Å². The van der Waals surface area contributed by atoms with Gasteiger partial charge in [-0.05, 0) is 42.1 Å². The molecule has 1 spiro atoms. The van der Waals surface area contributed by atoms with E-state index >= 15 is 0 Å². The van der Waals surface area contributed by atoms with Gasteiger partial charge in [0.15, 0.2) is 5.82 Å². The van der Waals surface area contributed by atoms with Crippen molar-refractivity contribution >= 4 is 5.91 Å². The molecule has 1 amide bonds. The number of rotatable bonds is 2. The van der Waals surface area contributed by atoms with Crippen molar-refractivity contribution in [2.45, 2.75) is 64.7 Å². The van der Waals surface area contributed by atoms with Crippen molar-refractivity contribution in [2.75, 3.05) is 13.1 Å². The van der Waals surface area contributed by atoms with Gasteiger partial charge in [-0.25, -0.2) is 9.67 Å². The van der Waals surface area contributed by atoms with Crippen LogP contribution < -0.4 is 0 Å². The van der Waals surface area contributed by atoms with Crippen LogP contribution in [0.2, 0.25) is 0 Å². The first kappa shape index (κ1) is 19.2. The first-order valence-corrected chi connectivity index (χ1v) is 10.6. The molecule has 0 unspecified atom stereocenters. The van der Waals surface area contributed by atoms with Crippen LogP contribution in [0.3, 0.4) is 0 Å². The van der Waals surface area contributed by atoms with Gasteiger partial charge in [-0.15, -0.1) is 5.10 Å². The van der Waals surface area contributed by atoms with E-state index in [1.165, 1.54) is 31.2 Å². The van der Waals surface area contributed by atoms with E-state index in [9.17, 15) is 4.79 Å². The van der Waals surface area contributed by atoms with Crippen molar-refractivity contribution in [1.29, 1.82) is 0 Å². The Bertz CT molecular complexity index is 844. The molecule has 150 valence electrons. The normalized spacial score (nSPS) is 19.4. The van der Waals surface area contributed by atoms with Crippen LogP contribution in [-0.2, 0) is 12.5 Å². The van der Waals surface area contributed by atoms with E-state index in [1.54, 1.807) is 4.68 Å². The Morgan fingerprint density at radius 2 is 1.61 bits per heavy atom. The molecule has 5 heteroatoms. The number of hydrogen-bond donors (Lipinski definition) is 0. The molecule has 0 radical (unpaired) electrons. The Labute approximate surface area is 168 Å². The minimum absolute atomic E-state index is 0.0268. The molecule has 1 aromatic heterocycles. The lowest BCUT2D eigenvalue weighted by molar-refractivity contribution is 0.0575. The van der Waals surface area contributed by atoms with E-state index in [-0.39, 0.29) is 11.3 Å². The first-order chi connectivity index (χ1) is 13.3. The Balaban J connectivity index is 1.49. The van der Waals surface area contributed by atoms with Crippen molar-refractivity contribution in [3.63, 3.8) is 0 Å². The minimum atomic E-state index is -0.0268. The number of amides is 1. The number of hydrogen-bond acceptors (Lipinski definition) is 3. The second-order valence-corrected chi connectivity index (χ2v) is 9.71. The summed E-state index contributed by atoms with van der Waals surface area (Å²) < 4.78 is 1.72. The van der Waals surface area contributed by atoms with Gasteiger partial charge in [-0.2, -0.15) is 0 Å². The van der Waals surface area contributed by atoms with E-state index in [1.807, 2.05) is 11.9 Å². The van der Waals surface area contributed by atoms with Gasteiger partial charge in [0.2, 0.25) is 5.82 Å². The summed E-state index contributed by atoms with van der Waals surface area (Å²) in [5.41, 5.74) is 2.90. The van der Waals surface area contributed by atoms with Crippen LogP contribution in [0.1, 0.15) is 75.5 Å². The van der Waals surface area contributed by atoms with Crippen molar-refractivity contribution < 1.29 is 4.79 Å². The summed E-state index contributed by atoms with van der Waals surface area (Å²) in [4.78, 5) is 19.5. The zero-order valence-corrected chi connectivity index (χ0v) is 17.7. The molecular weight excluding hydrogens is 348 g/mol. The largest absolute Gasteiger partial charge is 0.336 e. The van der Waals surface area contributed by atoms with E-state index in [4.69, 9.17) is 0 Å². The molecule has 1 aromatic carbocycles. The molecule has 2 heterocycles. The average molecular weight is 381 g/mol. The zero-order chi connectivity index (χ0) is 19.9. The fraction of sp³-hybridized carbons (Fsp3) is 0.609. The summed E-state index contributed by atoms with van der Waals surface area (Å²) in [5, 5.41) is 4.44. The SMILES string of the molecule is Cn1nc(C(=O)N2CCC3(CCCC3)CC2)nc1-c1ccc(C(C)(C)C)cc1. The highest BCUT2D eigenvalue weighted by Crippen LogP contribution is 2.46. The van der Waals surface area contributed by atoms with Gasteiger partial charge in [0.05, 0.1) is 0 Å². The number of aryl methyl sites for hydroxylation is 1. The Morgan fingerprint density at radius 1 is 1.00 bits per heavy atom. The minimum Gasteiger partial charge on any atom is -0.336 e. The van der Waals surface area contributed by atoms with Crippen LogP contribution in [-0.4, -0.2) is 38.7 Å². The molecule has 2 fully saturated rings. The molecular formula is C23H32N4O. The fourth-order valence-corrected chi connectivity index (χ4v) is 4.80. The smallest absolute Gasteiger partial charge is 0.293 e. The second-order valence-electron chi connectivity index (χ2n) is 9.71. The van der Waals surface area contributed by atoms with Crippen molar-refractivity contribution in [2.24, 2.45) is 12.5 Å². The number of piperidine rings is 1. The molecule has 1 saturated carbocycles. The van der Waals surface area contributed by atoms with E-state index in [2.05, 4.69) is 55.1 Å². The maximum absolute atomic E-state index is 13.0. The standard InChI is InChI=1S/C23H32N4O/c1-22(2,3)18-9-7-17(8-10-18)20-24-19(25-26(20)4)21(28)27-15-13-23(14-16-27)11-5-6-12-23/h7-10H,5-6,11-16H2,1-4H3. The van der Waals surface area contributed by atoms with Gasteiger partial charge in [0.1, 0.15) is 0 Å². The summed E-state index contributed by atoms with van der Waals surface area (Å²) in [6.07, 6.45) is 7.65. The summed E-state index contributed by atoms with van der Waals surface area (Å²) in [6.45, 7) is 8.29. The van der Waals surface area contributed by atoms with Gasteiger partial charge in [0, 0.05) is 25.7 Å². The Hall–Kier alpha value is -2.17. The number of likely N-dealkylation sites (tertiary alicyclic amines) is 1. The van der Waals surface area contributed by atoms with Crippen LogP contribution in [0.25, 0.3) is 11.4 Å². The fourth-order valence-electron chi connectivity index (χ4n) is 4.80. The number of nitrogens with zero attached hydrogens (tertiary/aromatic N) is 4. The maximum Gasteiger partial charge on any atom is 0.293 e. The lowest BCUT2D eigenvalue weighted by Crippen LogP contribution is -2.42. The molecule has 2 aromatic rings. The molecule has 2 aliphatic rings. The van der Waals surface area contributed by atoms with E-state index in [0.29, 0.717) is 11.2 Å². The third-order valence-corrected chi connectivity index (χ3v) is 6.74. The lowest BCUT2D eigenvalue weighted by atomic mass is 9.77. The Morgan fingerprint density at radius 3 is 2.18 bits per heavy atom. The number of aromatic nitrogens is 3. The second kappa shape index (κ2) is 7.02. The van der Waals surface area contributed by atoms with Gasteiger partial charge in [-0.1, -0.05) is 57.9 Å². The monoisotopic (exact) mass is 380 g/mol. The quantitative estimate of drug-likeness (QED) is 0.766. The summed E-state index contributed by atoms with van der Waals surface area (Å²) >= 11 is 0. The van der Waals surface area contributed by atoms with Gasteiger partial charge in [-0.3, -0.25) is 4.79 Å². The molecule has 0 N–H and O–H groups in total. The van der Waals surface area contributed by atoms with Crippen molar-refractivity contribution in [3.8, 4) is 11.4 Å². The summed E-state index contributed by atoms with van der Waals surface area (Å²) in [6, 6.07) is 8.42. The van der Waals surface area contributed by atoms with Gasteiger partial charge < -0.3 is 4.90 Å². The van der Waals surface area contributed by atoms with Crippen molar-refractivity contribution in [3.05, 3.63) is 35.7 Å². The summed E-state index contributed by atoms with van der Waals surface area (Å²) in [5.74, 6) is 1.04. The van der Waals surface area contributed by atoms with Crippen LogP contribution in [0, 0.1) is 5.41 Å². The van der Waals surface area contributed by atoms with Gasteiger partial charge in [0.25, 0.3) is 5.91 Å². The number of benzene rings is 1. The van der Waals surface area contributed by atoms with Gasteiger partial charge >= 0.3 is 0 Å². The van der Waals surface area contributed by atoms with Crippen LogP contribution in [0.5, 0.6) is 0 Å². The molecule has 28 heavy (non-hydrogen) atoms. The maximum atomic E-state index is 13.0. The molecule has 1 aliphatic heterocycles. The highest BCUT2D eigenvalue weighted by molar-refractivity contribution is 5.91. The highest BCUT2D eigenvalue weighted by atomic mass is 16.2. The van der Waals surface area contributed by atoms with Crippen LogP contribution >= 0.6 is 0 Å². The topological polar surface area (TPSA) is 51.0 Å². The summed E-state index contributed by atoms with van der Waals surface area (Å²) in [7, 11) is 1.86. The van der Waals surface area contributed by atoms with Crippen LogP contribution in [0.4, 0.5) is 0 Å². The Kier molecular flexibility index (Phi) is 4.80. The number of carbonyl (C=O) groups is 1. The van der Waals surface area contributed by atoms with Crippen molar-refractivity contribution in [1.82, 2.24) is 19.7 Å². The molecule has 4 rings (SSSR count). The predicted molar refractivity (Wildman–Crippen MR) is 111 cm³/mol. The van der Waals surface area contributed by atoms with E-state index < -0.39 is 0 Å². The average Bonchev–Trinajstić information content (AvgIpc) is 3.28. The molecule has 5 nitrogen and oxygen atoms in total. The zero-order valence-electron chi connectivity index (χ0n) is 17.7. The third kappa shape index (κ3) is 3.59. The highest BCUT2D eigenvalue weighted by Gasteiger charge is 2.38. The third-order valence-electron chi connectivity index (χ3n) is 6.74. The van der Waals surface area contributed by atoms with Crippen LogP contribution in [0.15, 0.2) is 24.3 Å². The predicted octanol–water partition coefficient (Wildman–Crippen LogP) is 4.58. The molecule has 1 aliphatic carbocycles. The molecule has 0 bridgehead atoms. The molecule has 0 atom stereocenters. The number of carbonyl (C=O) groups excluding carboxylic acids is 1. The first-order valence-electron chi connectivity index (χ1n) is 10.6. The lowest BCUT2D eigenvalue weighted by Gasteiger charge is -2.39. The molecule has 1 saturated heterocycles.